The summed E-state index contributed by atoms with van der Waals surface area (Å²) in [6.07, 6.45) is 1.74. The monoisotopic (exact) mass is 280 g/mol. The molecular weight excluding hydrogens is 260 g/mol. The van der Waals surface area contributed by atoms with E-state index >= 15 is 0 Å². The second-order valence-electron chi connectivity index (χ2n) is 5.03. The van der Waals surface area contributed by atoms with Crippen molar-refractivity contribution in [1.82, 2.24) is 20.2 Å². The lowest BCUT2D eigenvalue weighted by Crippen LogP contribution is -2.58. The zero-order valence-corrected chi connectivity index (χ0v) is 11.7. The zero-order chi connectivity index (χ0) is 14.7. The van der Waals surface area contributed by atoms with E-state index < -0.39 is 11.2 Å². The molecular formula is C13H20N4O3. The van der Waals surface area contributed by atoms with Gasteiger partial charge in [-0.2, -0.15) is 0 Å². The van der Waals surface area contributed by atoms with Crippen LogP contribution in [-0.2, 0) is 0 Å². The standard InChI is InChI=1S/C13H20N4O3/c1-3-8-7-17(9(4-2)6-14-8)12(19)10-5-11(18)16-13(20)15-10/h5,8-9,14H,3-4,6-7H2,1-2H3,(H2,15,16,18,20). The smallest absolute Gasteiger partial charge is 0.326 e. The Labute approximate surface area is 116 Å². The highest BCUT2D eigenvalue weighted by molar-refractivity contribution is 5.92. The van der Waals surface area contributed by atoms with Crippen LogP contribution in [-0.4, -0.2) is 45.9 Å². The third-order valence-corrected chi connectivity index (χ3v) is 3.72. The first-order chi connectivity index (χ1) is 9.55. The Bertz CT molecular complexity index is 564. The molecule has 1 aliphatic rings. The van der Waals surface area contributed by atoms with Gasteiger partial charge in [-0.3, -0.25) is 14.6 Å². The van der Waals surface area contributed by atoms with Gasteiger partial charge >= 0.3 is 5.69 Å². The third-order valence-electron chi connectivity index (χ3n) is 3.72. The highest BCUT2D eigenvalue weighted by Crippen LogP contribution is 2.14. The molecule has 2 atom stereocenters. The van der Waals surface area contributed by atoms with Crippen molar-refractivity contribution in [3.63, 3.8) is 0 Å². The van der Waals surface area contributed by atoms with Crippen molar-refractivity contribution in [3.8, 4) is 0 Å². The summed E-state index contributed by atoms with van der Waals surface area (Å²) >= 11 is 0. The molecule has 7 heteroatoms. The van der Waals surface area contributed by atoms with E-state index in [2.05, 4.69) is 22.2 Å². The number of piperazine rings is 1. The summed E-state index contributed by atoms with van der Waals surface area (Å²) in [6, 6.07) is 1.46. The summed E-state index contributed by atoms with van der Waals surface area (Å²) in [6.45, 7) is 5.39. The molecule has 1 fully saturated rings. The molecule has 2 unspecified atom stereocenters. The van der Waals surface area contributed by atoms with Crippen molar-refractivity contribution >= 4 is 5.91 Å². The normalized spacial score (nSPS) is 22.8. The van der Waals surface area contributed by atoms with Crippen LogP contribution in [0.15, 0.2) is 15.7 Å². The molecule has 0 saturated carbocycles. The van der Waals surface area contributed by atoms with Gasteiger partial charge in [-0.15, -0.1) is 0 Å². The number of rotatable bonds is 3. The number of nitrogens with zero attached hydrogens (tertiary/aromatic N) is 1. The number of amides is 1. The zero-order valence-electron chi connectivity index (χ0n) is 11.7. The van der Waals surface area contributed by atoms with Gasteiger partial charge in [0, 0.05) is 31.2 Å². The van der Waals surface area contributed by atoms with E-state index in [0.29, 0.717) is 6.54 Å². The van der Waals surface area contributed by atoms with Gasteiger partial charge < -0.3 is 15.2 Å². The SMILES string of the molecule is CCC1CN(C(=O)c2cc(=O)[nH]c(=O)[nH]2)C(CC)CN1. The maximum Gasteiger partial charge on any atom is 0.326 e. The van der Waals surface area contributed by atoms with E-state index in [4.69, 9.17) is 0 Å². The van der Waals surface area contributed by atoms with Gasteiger partial charge in [0.15, 0.2) is 0 Å². The minimum atomic E-state index is -0.656. The average molecular weight is 280 g/mol. The maximum atomic E-state index is 12.5. The van der Waals surface area contributed by atoms with Crippen LogP contribution in [0.3, 0.4) is 0 Å². The Balaban J connectivity index is 2.28. The number of hydrogen-bond acceptors (Lipinski definition) is 4. The minimum absolute atomic E-state index is 0.0500. The molecule has 1 saturated heterocycles. The van der Waals surface area contributed by atoms with Crippen LogP contribution in [0.25, 0.3) is 0 Å². The van der Waals surface area contributed by atoms with Crippen molar-refractivity contribution in [2.45, 2.75) is 38.8 Å². The van der Waals surface area contributed by atoms with Gasteiger partial charge in [0.1, 0.15) is 5.69 Å². The van der Waals surface area contributed by atoms with Gasteiger partial charge in [-0.25, -0.2) is 4.79 Å². The topological polar surface area (TPSA) is 98.1 Å². The largest absolute Gasteiger partial charge is 0.332 e. The fourth-order valence-corrected chi connectivity index (χ4v) is 2.49. The van der Waals surface area contributed by atoms with E-state index in [0.717, 1.165) is 25.5 Å². The van der Waals surface area contributed by atoms with Gasteiger partial charge in [-0.1, -0.05) is 13.8 Å². The van der Waals surface area contributed by atoms with E-state index in [-0.39, 0.29) is 23.7 Å². The highest BCUT2D eigenvalue weighted by Gasteiger charge is 2.30. The molecule has 0 radical (unpaired) electrons. The Morgan fingerprint density at radius 1 is 1.30 bits per heavy atom. The van der Waals surface area contributed by atoms with Crippen LogP contribution in [0, 0.1) is 0 Å². The first kappa shape index (κ1) is 14.5. The van der Waals surface area contributed by atoms with Crippen molar-refractivity contribution in [2.24, 2.45) is 0 Å². The van der Waals surface area contributed by atoms with Gasteiger partial charge in [0.25, 0.3) is 11.5 Å². The number of carbonyl (C=O) groups is 1. The van der Waals surface area contributed by atoms with E-state index in [1.807, 2.05) is 6.92 Å². The van der Waals surface area contributed by atoms with E-state index in [1.54, 1.807) is 4.90 Å². The molecule has 2 rings (SSSR count). The van der Waals surface area contributed by atoms with Gasteiger partial charge in [0.05, 0.1) is 0 Å². The number of carbonyl (C=O) groups excluding carboxylic acids is 1. The molecule has 1 aromatic heterocycles. The summed E-state index contributed by atoms with van der Waals surface area (Å²) in [7, 11) is 0. The van der Waals surface area contributed by atoms with Crippen molar-refractivity contribution in [1.29, 1.82) is 0 Å². The Hall–Kier alpha value is -1.89. The second kappa shape index (κ2) is 6.04. The number of aromatic amines is 2. The van der Waals surface area contributed by atoms with Crippen LogP contribution in [0.2, 0.25) is 0 Å². The molecule has 1 aromatic rings. The summed E-state index contributed by atoms with van der Waals surface area (Å²) < 4.78 is 0. The highest BCUT2D eigenvalue weighted by atomic mass is 16.2. The molecule has 0 aromatic carbocycles. The fraction of sp³-hybridized carbons (Fsp3) is 0.615. The van der Waals surface area contributed by atoms with Crippen molar-refractivity contribution in [2.75, 3.05) is 13.1 Å². The van der Waals surface area contributed by atoms with Gasteiger partial charge in [-0.05, 0) is 12.8 Å². The molecule has 1 aliphatic heterocycles. The molecule has 1 amide bonds. The van der Waals surface area contributed by atoms with Crippen LogP contribution in [0.5, 0.6) is 0 Å². The molecule has 0 aliphatic carbocycles. The first-order valence-electron chi connectivity index (χ1n) is 6.93. The molecule has 3 N–H and O–H groups in total. The lowest BCUT2D eigenvalue weighted by molar-refractivity contribution is 0.0569. The number of hydrogen-bond donors (Lipinski definition) is 3. The average Bonchev–Trinajstić information content (AvgIpc) is 2.44. The Morgan fingerprint density at radius 2 is 2.05 bits per heavy atom. The molecule has 0 bridgehead atoms. The summed E-state index contributed by atoms with van der Waals surface area (Å²) in [5.41, 5.74) is -1.17. The predicted octanol–water partition coefficient (Wildman–Crippen LogP) is -0.334. The summed E-state index contributed by atoms with van der Waals surface area (Å²) in [4.78, 5) is 41.3. The molecule has 20 heavy (non-hydrogen) atoms. The number of nitrogens with one attached hydrogen (secondary N) is 3. The predicted molar refractivity (Wildman–Crippen MR) is 74.9 cm³/mol. The third kappa shape index (κ3) is 2.98. The molecule has 0 spiro atoms. The molecule has 110 valence electrons. The van der Waals surface area contributed by atoms with Crippen LogP contribution >= 0.6 is 0 Å². The second-order valence-corrected chi connectivity index (χ2v) is 5.03. The van der Waals surface area contributed by atoms with Crippen LogP contribution in [0.4, 0.5) is 0 Å². The lowest BCUT2D eigenvalue weighted by atomic mass is 10.0. The molecule has 7 nitrogen and oxygen atoms in total. The fourth-order valence-electron chi connectivity index (χ4n) is 2.49. The summed E-state index contributed by atoms with van der Waals surface area (Å²) in [5, 5.41) is 3.40. The summed E-state index contributed by atoms with van der Waals surface area (Å²) in [5.74, 6) is -0.292. The van der Waals surface area contributed by atoms with Crippen LogP contribution < -0.4 is 16.6 Å². The van der Waals surface area contributed by atoms with E-state index in [1.165, 1.54) is 0 Å². The lowest BCUT2D eigenvalue weighted by Gasteiger charge is -2.39. The van der Waals surface area contributed by atoms with E-state index in [9.17, 15) is 14.4 Å². The first-order valence-corrected chi connectivity index (χ1v) is 6.93. The quantitative estimate of drug-likeness (QED) is 0.706. The van der Waals surface area contributed by atoms with Crippen molar-refractivity contribution < 1.29 is 4.79 Å². The molecule has 2 heterocycles. The minimum Gasteiger partial charge on any atom is -0.332 e. The van der Waals surface area contributed by atoms with Crippen molar-refractivity contribution in [3.05, 3.63) is 32.6 Å². The Morgan fingerprint density at radius 3 is 2.65 bits per heavy atom. The Kier molecular flexibility index (Phi) is 4.39. The number of H-pyrrole nitrogens is 2. The number of aromatic nitrogens is 2. The van der Waals surface area contributed by atoms with Crippen LogP contribution in [0.1, 0.15) is 37.2 Å². The maximum absolute atomic E-state index is 12.5. The van der Waals surface area contributed by atoms with Gasteiger partial charge in [0.2, 0.25) is 0 Å².